The molecule has 0 unspecified atom stereocenters. The summed E-state index contributed by atoms with van der Waals surface area (Å²) in [5.41, 5.74) is 0. The zero-order valence-electron chi connectivity index (χ0n) is 9.25. The van der Waals surface area contributed by atoms with E-state index in [1.165, 1.54) is 11.8 Å². The van der Waals surface area contributed by atoms with Crippen LogP contribution in [-0.4, -0.2) is 28.9 Å². The Hall–Kier alpha value is -0.510. The van der Waals surface area contributed by atoms with E-state index in [2.05, 4.69) is 0 Å². The highest BCUT2D eigenvalue weighted by atomic mass is 32.2. The van der Waals surface area contributed by atoms with E-state index in [-0.39, 0.29) is 17.5 Å². The van der Waals surface area contributed by atoms with Crippen LogP contribution in [0.5, 0.6) is 0 Å². The van der Waals surface area contributed by atoms with Crippen molar-refractivity contribution in [1.82, 2.24) is 0 Å². The highest BCUT2D eigenvalue weighted by Gasteiger charge is 2.27. The maximum atomic E-state index is 11.4. The molecule has 4 heteroatoms. The Labute approximate surface area is 89.6 Å². The Morgan fingerprint density at radius 2 is 1.86 bits per heavy atom. The zero-order valence-corrected chi connectivity index (χ0v) is 10.1. The summed E-state index contributed by atoms with van der Waals surface area (Å²) in [6, 6.07) is 0. The summed E-state index contributed by atoms with van der Waals surface area (Å²) in [6.45, 7) is 7.66. The van der Waals surface area contributed by atoms with E-state index in [0.29, 0.717) is 13.0 Å². The average Bonchev–Trinajstić information content (AvgIpc) is 2.14. The summed E-state index contributed by atoms with van der Waals surface area (Å²) < 4.78 is 4.29. The first kappa shape index (κ1) is 13.5. The summed E-state index contributed by atoms with van der Waals surface area (Å²) in [6.07, 6.45) is 0.503. The Kier molecular flexibility index (Phi) is 5.84. The van der Waals surface area contributed by atoms with Crippen LogP contribution in [0.3, 0.4) is 0 Å². The van der Waals surface area contributed by atoms with Gasteiger partial charge in [-0.15, -0.1) is 11.8 Å². The van der Waals surface area contributed by atoms with Crippen molar-refractivity contribution in [2.24, 2.45) is 0 Å². The maximum Gasteiger partial charge on any atom is 0.315 e. The highest BCUT2D eigenvalue weighted by molar-refractivity contribution is 8.02. The third-order valence-corrected chi connectivity index (χ3v) is 3.18. The standard InChI is InChI=1S/C10H18O3S/c1-5-8(11)10(3,4)14-7-9(12)13-6-2/h5-7H2,1-4H3. The van der Waals surface area contributed by atoms with Crippen LogP contribution in [0, 0.1) is 0 Å². The van der Waals surface area contributed by atoms with Gasteiger partial charge in [0.1, 0.15) is 5.78 Å². The molecule has 0 heterocycles. The molecule has 0 bridgehead atoms. The lowest BCUT2D eigenvalue weighted by Crippen LogP contribution is -2.28. The first-order valence-corrected chi connectivity index (χ1v) is 5.75. The number of carbonyl (C=O) groups excluding carboxylic acids is 2. The fraction of sp³-hybridized carbons (Fsp3) is 0.800. The van der Waals surface area contributed by atoms with Gasteiger partial charge < -0.3 is 4.74 Å². The molecule has 0 saturated carbocycles. The van der Waals surface area contributed by atoms with E-state index < -0.39 is 4.75 Å². The molecule has 0 aromatic rings. The van der Waals surface area contributed by atoms with Crippen LogP contribution in [0.1, 0.15) is 34.1 Å². The lowest BCUT2D eigenvalue weighted by molar-refractivity contribution is -0.139. The van der Waals surface area contributed by atoms with Gasteiger partial charge in [0.05, 0.1) is 17.1 Å². The van der Waals surface area contributed by atoms with Gasteiger partial charge in [-0.3, -0.25) is 9.59 Å². The maximum absolute atomic E-state index is 11.4. The number of ketones is 1. The predicted octanol–water partition coefficient (Wildman–Crippen LogP) is 2.04. The summed E-state index contributed by atoms with van der Waals surface area (Å²) in [4.78, 5) is 22.5. The molecule has 0 saturated heterocycles. The molecule has 0 atom stereocenters. The number of carbonyl (C=O) groups is 2. The van der Waals surface area contributed by atoms with E-state index in [4.69, 9.17) is 4.74 Å². The molecule has 82 valence electrons. The largest absolute Gasteiger partial charge is 0.465 e. The lowest BCUT2D eigenvalue weighted by Gasteiger charge is -2.20. The third kappa shape index (κ3) is 4.65. The van der Waals surface area contributed by atoms with Crippen LogP contribution >= 0.6 is 11.8 Å². The smallest absolute Gasteiger partial charge is 0.315 e. The number of thioether (sulfide) groups is 1. The van der Waals surface area contributed by atoms with Gasteiger partial charge in [0.2, 0.25) is 0 Å². The van der Waals surface area contributed by atoms with Crippen LogP contribution in [0.25, 0.3) is 0 Å². The molecule has 0 aliphatic rings. The molecule has 0 N–H and O–H groups in total. The molecule has 0 aliphatic heterocycles. The average molecular weight is 218 g/mol. The van der Waals surface area contributed by atoms with Gasteiger partial charge in [-0.05, 0) is 20.8 Å². The Bertz CT molecular complexity index is 211. The molecule has 0 aliphatic carbocycles. The minimum absolute atomic E-state index is 0.159. The van der Waals surface area contributed by atoms with Crippen molar-refractivity contribution in [1.29, 1.82) is 0 Å². The fourth-order valence-electron chi connectivity index (χ4n) is 0.948. The van der Waals surface area contributed by atoms with Gasteiger partial charge in [0.15, 0.2) is 0 Å². The van der Waals surface area contributed by atoms with Crippen molar-refractivity contribution in [2.75, 3.05) is 12.4 Å². The van der Waals surface area contributed by atoms with Gasteiger partial charge in [-0.1, -0.05) is 6.92 Å². The van der Waals surface area contributed by atoms with Crippen molar-refractivity contribution < 1.29 is 14.3 Å². The second kappa shape index (κ2) is 6.06. The van der Waals surface area contributed by atoms with Gasteiger partial charge in [0.25, 0.3) is 0 Å². The first-order chi connectivity index (χ1) is 6.44. The second-order valence-corrected chi connectivity index (χ2v) is 4.98. The number of rotatable bonds is 6. The van der Waals surface area contributed by atoms with Gasteiger partial charge >= 0.3 is 5.97 Å². The Morgan fingerprint density at radius 3 is 2.29 bits per heavy atom. The summed E-state index contributed by atoms with van der Waals surface area (Å²) >= 11 is 1.34. The number of esters is 1. The summed E-state index contributed by atoms with van der Waals surface area (Å²) in [7, 11) is 0. The molecule has 0 fully saturated rings. The minimum atomic E-state index is -0.485. The Balaban J connectivity index is 3.98. The molecule has 0 aromatic carbocycles. The van der Waals surface area contributed by atoms with E-state index in [0.717, 1.165) is 0 Å². The lowest BCUT2D eigenvalue weighted by atomic mass is 10.1. The number of hydrogen-bond donors (Lipinski definition) is 0. The number of Topliss-reactive ketones (excluding diaryl/α,β-unsaturated/α-hetero) is 1. The Morgan fingerprint density at radius 1 is 1.29 bits per heavy atom. The van der Waals surface area contributed by atoms with Crippen LogP contribution in [0.4, 0.5) is 0 Å². The second-order valence-electron chi connectivity index (χ2n) is 3.38. The van der Waals surface area contributed by atoms with Crippen LogP contribution in [0.2, 0.25) is 0 Å². The molecule has 0 rings (SSSR count). The molecular weight excluding hydrogens is 200 g/mol. The topological polar surface area (TPSA) is 43.4 Å². The SMILES string of the molecule is CCOC(=O)CSC(C)(C)C(=O)CC. The van der Waals surface area contributed by atoms with Crippen molar-refractivity contribution in [3.05, 3.63) is 0 Å². The number of ether oxygens (including phenoxy) is 1. The highest BCUT2D eigenvalue weighted by Crippen LogP contribution is 2.26. The molecule has 0 spiro atoms. The third-order valence-electron chi connectivity index (χ3n) is 1.85. The molecule has 0 aromatic heterocycles. The monoisotopic (exact) mass is 218 g/mol. The van der Waals surface area contributed by atoms with E-state index in [1.807, 2.05) is 20.8 Å². The summed E-state index contributed by atoms with van der Waals surface area (Å²) in [5, 5.41) is 0. The van der Waals surface area contributed by atoms with Crippen LogP contribution in [0.15, 0.2) is 0 Å². The molecule has 3 nitrogen and oxygen atoms in total. The normalized spacial score (nSPS) is 11.1. The van der Waals surface area contributed by atoms with E-state index in [1.54, 1.807) is 6.92 Å². The molecule has 0 radical (unpaired) electrons. The van der Waals surface area contributed by atoms with Crippen LogP contribution < -0.4 is 0 Å². The minimum Gasteiger partial charge on any atom is -0.465 e. The van der Waals surface area contributed by atoms with Crippen LogP contribution in [-0.2, 0) is 14.3 Å². The van der Waals surface area contributed by atoms with E-state index >= 15 is 0 Å². The molecule has 14 heavy (non-hydrogen) atoms. The van der Waals surface area contributed by atoms with Gasteiger partial charge in [-0.25, -0.2) is 0 Å². The predicted molar refractivity (Wildman–Crippen MR) is 58.5 cm³/mol. The van der Waals surface area contributed by atoms with Crippen molar-refractivity contribution >= 4 is 23.5 Å². The summed E-state index contributed by atoms with van der Waals surface area (Å²) in [5.74, 6) is 0.147. The van der Waals surface area contributed by atoms with Crippen molar-refractivity contribution in [2.45, 2.75) is 38.9 Å². The van der Waals surface area contributed by atoms with Crippen molar-refractivity contribution in [3.63, 3.8) is 0 Å². The van der Waals surface area contributed by atoms with E-state index in [9.17, 15) is 9.59 Å². The zero-order chi connectivity index (χ0) is 11.2. The first-order valence-electron chi connectivity index (χ1n) is 4.77. The van der Waals surface area contributed by atoms with Gasteiger partial charge in [0, 0.05) is 6.42 Å². The van der Waals surface area contributed by atoms with Gasteiger partial charge in [-0.2, -0.15) is 0 Å². The van der Waals surface area contributed by atoms with Crippen molar-refractivity contribution in [3.8, 4) is 0 Å². The molecule has 0 amide bonds. The molecular formula is C10H18O3S. The quantitative estimate of drug-likeness (QED) is 0.640. The fourth-order valence-corrected chi connectivity index (χ4v) is 1.82. The number of hydrogen-bond acceptors (Lipinski definition) is 4.